The fraction of sp³-hybridized carbons (Fsp3) is 0.485. The van der Waals surface area contributed by atoms with E-state index >= 15 is 0 Å². The Kier molecular flexibility index (Phi) is 10.7. The molecule has 45 heavy (non-hydrogen) atoms. The van der Waals surface area contributed by atoms with E-state index in [9.17, 15) is 28.6 Å². The summed E-state index contributed by atoms with van der Waals surface area (Å²) >= 11 is 3.68. The van der Waals surface area contributed by atoms with Crippen LogP contribution >= 0.6 is 15.9 Å². The number of carboxylic acid groups (broad SMARTS) is 1. The molecule has 2 amide bonds. The van der Waals surface area contributed by atoms with Gasteiger partial charge in [0.05, 0.1) is 16.4 Å². The first-order valence-corrected chi connectivity index (χ1v) is 15.6. The van der Waals surface area contributed by atoms with E-state index in [1.165, 1.54) is 17.9 Å². The Morgan fingerprint density at radius 2 is 1.93 bits per heavy atom. The zero-order valence-corrected chi connectivity index (χ0v) is 27.7. The van der Waals surface area contributed by atoms with Crippen LogP contribution in [0.15, 0.2) is 51.5 Å². The summed E-state index contributed by atoms with van der Waals surface area (Å²) in [5, 5.41) is 30.0. The second-order valence-electron chi connectivity index (χ2n) is 12.6. The lowest BCUT2D eigenvalue weighted by atomic mass is 9.64. The van der Waals surface area contributed by atoms with Gasteiger partial charge in [-0.05, 0) is 63.9 Å². The molecule has 9 nitrogen and oxygen atoms in total. The molecule has 1 aliphatic rings. The number of hydrogen-bond acceptors (Lipinski definition) is 6. The number of carbonyl (C=O) groups is 2. The molecule has 3 N–H and O–H groups in total. The quantitative estimate of drug-likeness (QED) is 0.200. The maximum absolute atomic E-state index is 14.6. The Labute approximate surface area is 270 Å². The highest BCUT2D eigenvalue weighted by Gasteiger charge is 2.56. The lowest BCUT2D eigenvalue weighted by Gasteiger charge is -2.53. The van der Waals surface area contributed by atoms with Crippen molar-refractivity contribution in [3.63, 3.8) is 0 Å². The van der Waals surface area contributed by atoms with Crippen LogP contribution in [0.2, 0.25) is 0 Å². The average molecular weight is 693 g/mol. The third-order valence-corrected chi connectivity index (χ3v) is 9.32. The van der Waals surface area contributed by atoms with Crippen molar-refractivity contribution in [2.75, 3.05) is 26.8 Å². The van der Waals surface area contributed by atoms with Crippen LogP contribution in [0.1, 0.15) is 75.6 Å². The molecule has 2 heterocycles. The fourth-order valence-electron chi connectivity index (χ4n) is 6.49. The first kappa shape index (κ1) is 34.5. The number of piperidine rings is 1. The van der Waals surface area contributed by atoms with E-state index < -0.39 is 40.7 Å². The fourth-order valence-corrected chi connectivity index (χ4v) is 7.10. The molecule has 3 aromatic rings. The summed E-state index contributed by atoms with van der Waals surface area (Å²) in [7, 11) is 1.63. The highest BCUT2D eigenvalue weighted by molar-refractivity contribution is 9.10. The van der Waals surface area contributed by atoms with Gasteiger partial charge in [0.1, 0.15) is 11.3 Å². The average Bonchev–Trinajstić information content (AvgIpc) is 3.35. The molecule has 0 saturated carbocycles. The molecule has 2 aromatic carbocycles. The zero-order valence-electron chi connectivity index (χ0n) is 26.1. The van der Waals surface area contributed by atoms with Gasteiger partial charge in [0.25, 0.3) is 0 Å². The van der Waals surface area contributed by atoms with E-state index in [-0.39, 0.29) is 36.0 Å². The Bertz CT molecular complexity index is 1530. The minimum absolute atomic E-state index is 0.0409. The smallest absolute Gasteiger partial charge is 0.407 e. The predicted octanol–water partition coefficient (Wildman–Crippen LogP) is 6.80. The third-order valence-electron chi connectivity index (χ3n) is 8.55. The number of amides is 2. The number of likely N-dealkylation sites (tertiary alicyclic amines) is 1. The standard InChI is InChI=1S/C33H40BrF2N3O6/c1-19(40)37-18-20(9-8-16-44-5)22-10-6-7-11-23(22)29-27(34)28(38-45-29)26-30(32(2,3)4)39(31(41)42)15-14-33(26,43)21-12-13-24(35)25(36)17-21/h6-7,10-13,17,20,26,30,43H,8-9,14-16,18H2,1-5H3,(H,37,40)(H,41,42)/t20-,26-,30?,33-/m0/s1. The number of ether oxygens (including phenoxy) is 1. The largest absolute Gasteiger partial charge is 0.465 e. The van der Waals surface area contributed by atoms with Gasteiger partial charge in [-0.2, -0.15) is 0 Å². The molecule has 4 rings (SSSR count). The molecular weight excluding hydrogens is 652 g/mol. The number of halogens is 3. The number of benzene rings is 2. The van der Waals surface area contributed by atoms with Crippen LogP contribution in [0.4, 0.5) is 13.6 Å². The molecule has 0 spiro atoms. The van der Waals surface area contributed by atoms with E-state index in [0.717, 1.165) is 24.1 Å². The molecule has 1 aliphatic heterocycles. The Hall–Kier alpha value is -3.35. The van der Waals surface area contributed by atoms with Gasteiger partial charge in [-0.3, -0.25) is 4.79 Å². The highest BCUT2D eigenvalue weighted by Crippen LogP contribution is 2.54. The second-order valence-corrected chi connectivity index (χ2v) is 13.4. The zero-order chi connectivity index (χ0) is 33.1. The first-order chi connectivity index (χ1) is 21.2. The van der Waals surface area contributed by atoms with Gasteiger partial charge in [-0.1, -0.05) is 56.3 Å². The molecule has 0 radical (unpaired) electrons. The molecule has 244 valence electrons. The van der Waals surface area contributed by atoms with Crippen LogP contribution in [0, 0.1) is 17.0 Å². The molecule has 12 heteroatoms. The number of aliphatic hydroxyl groups is 1. The van der Waals surface area contributed by atoms with E-state index in [2.05, 4.69) is 26.4 Å². The van der Waals surface area contributed by atoms with Crippen molar-refractivity contribution >= 4 is 27.9 Å². The van der Waals surface area contributed by atoms with Gasteiger partial charge in [-0.15, -0.1) is 0 Å². The number of methoxy groups -OCH3 is 1. The Balaban J connectivity index is 1.90. The topological polar surface area (TPSA) is 125 Å². The number of nitrogens with one attached hydrogen (secondary N) is 1. The minimum Gasteiger partial charge on any atom is -0.465 e. The molecule has 1 saturated heterocycles. The summed E-state index contributed by atoms with van der Waals surface area (Å²) in [6.45, 7) is 7.92. The minimum atomic E-state index is -1.83. The number of rotatable bonds is 10. The molecular formula is C33H40BrF2N3O6. The van der Waals surface area contributed by atoms with Crippen LogP contribution in [0.5, 0.6) is 0 Å². The summed E-state index contributed by atoms with van der Waals surface area (Å²) in [5.74, 6) is -3.12. The Morgan fingerprint density at radius 1 is 1.22 bits per heavy atom. The maximum atomic E-state index is 14.6. The van der Waals surface area contributed by atoms with Crippen LogP contribution in [-0.2, 0) is 15.1 Å². The molecule has 1 fully saturated rings. The summed E-state index contributed by atoms with van der Waals surface area (Å²) < 4.78 is 40.2. The van der Waals surface area contributed by atoms with Gasteiger partial charge in [0.15, 0.2) is 17.4 Å². The van der Waals surface area contributed by atoms with Crippen molar-refractivity contribution in [3.05, 3.63) is 75.4 Å². The van der Waals surface area contributed by atoms with Crippen molar-refractivity contribution < 1.29 is 37.8 Å². The van der Waals surface area contributed by atoms with E-state index in [0.29, 0.717) is 35.4 Å². The highest BCUT2D eigenvalue weighted by atomic mass is 79.9. The van der Waals surface area contributed by atoms with Gasteiger partial charge < -0.3 is 29.7 Å². The van der Waals surface area contributed by atoms with Crippen LogP contribution in [0.3, 0.4) is 0 Å². The summed E-state index contributed by atoms with van der Waals surface area (Å²) in [4.78, 5) is 25.6. The molecule has 0 aliphatic carbocycles. The van der Waals surface area contributed by atoms with Crippen LogP contribution < -0.4 is 5.32 Å². The van der Waals surface area contributed by atoms with Gasteiger partial charge in [0, 0.05) is 45.2 Å². The number of nitrogens with zero attached hydrogens (tertiary/aromatic N) is 2. The molecule has 1 unspecified atom stereocenters. The number of aromatic nitrogens is 1. The van der Waals surface area contributed by atoms with Crippen LogP contribution in [0.25, 0.3) is 11.3 Å². The normalized spacial score (nSPS) is 21.0. The number of hydrogen-bond donors (Lipinski definition) is 3. The van der Waals surface area contributed by atoms with E-state index in [1.54, 1.807) is 7.11 Å². The van der Waals surface area contributed by atoms with E-state index in [1.807, 2.05) is 45.0 Å². The lowest BCUT2D eigenvalue weighted by Crippen LogP contribution is -2.60. The second kappa shape index (κ2) is 14.0. The van der Waals surface area contributed by atoms with Crippen molar-refractivity contribution in [1.82, 2.24) is 15.4 Å². The van der Waals surface area contributed by atoms with Crippen molar-refractivity contribution in [1.29, 1.82) is 0 Å². The Morgan fingerprint density at radius 3 is 2.56 bits per heavy atom. The predicted molar refractivity (Wildman–Crippen MR) is 168 cm³/mol. The summed E-state index contributed by atoms with van der Waals surface area (Å²) in [6, 6.07) is 9.94. The van der Waals surface area contributed by atoms with Crippen molar-refractivity contribution in [2.24, 2.45) is 5.41 Å². The maximum Gasteiger partial charge on any atom is 0.407 e. The van der Waals surface area contributed by atoms with Crippen molar-refractivity contribution in [3.8, 4) is 11.3 Å². The van der Waals surface area contributed by atoms with Gasteiger partial charge in [-0.25, -0.2) is 13.6 Å². The van der Waals surface area contributed by atoms with Gasteiger partial charge in [0.2, 0.25) is 5.91 Å². The molecule has 4 atom stereocenters. The van der Waals surface area contributed by atoms with Gasteiger partial charge >= 0.3 is 6.09 Å². The summed E-state index contributed by atoms with van der Waals surface area (Å²) in [6.07, 6.45) is 0.196. The monoisotopic (exact) mass is 691 g/mol. The molecule has 1 aromatic heterocycles. The number of carbonyl (C=O) groups excluding carboxylic acids is 1. The SMILES string of the molecule is COCCC[C@@H](CNC(C)=O)c1ccccc1-c1onc([C@H]2C(C(C)(C)C)N(C(=O)O)CC[C@]2(O)c2ccc(F)c(F)c2)c1Br. The third kappa shape index (κ3) is 7.23. The van der Waals surface area contributed by atoms with Crippen molar-refractivity contribution in [2.45, 2.75) is 70.4 Å². The van der Waals surface area contributed by atoms with E-state index in [4.69, 9.17) is 9.26 Å². The lowest BCUT2D eigenvalue weighted by molar-refractivity contribution is -0.119. The first-order valence-electron chi connectivity index (χ1n) is 14.9. The molecule has 0 bridgehead atoms. The van der Waals surface area contributed by atoms with Crippen LogP contribution in [-0.4, -0.2) is 65.1 Å². The summed E-state index contributed by atoms with van der Waals surface area (Å²) in [5.41, 5.74) is -0.609.